The summed E-state index contributed by atoms with van der Waals surface area (Å²) in [5, 5.41) is 0. The Morgan fingerprint density at radius 2 is 2.36 bits per heavy atom. The second-order valence-electron chi connectivity index (χ2n) is 3.71. The molecule has 3 saturated heterocycles. The maximum absolute atomic E-state index is 11.2. The predicted octanol–water partition coefficient (Wildman–Crippen LogP) is 0.986. The van der Waals surface area contributed by atoms with Crippen LogP contribution in [-0.4, -0.2) is 29.7 Å². The van der Waals surface area contributed by atoms with Gasteiger partial charge in [-0.05, 0) is 0 Å². The zero-order valence-corrected chi connectivity index (χ0v) is 7.09. The van der Waals surface area contributed by atoms with Gasteiger partial charge in [-0.2, -0.15) is 0 Å². The summed E-state index contributed by atoms with van der Waals surface area (Å²) >= 11 is 0. The van der Waals surface area contributed by atoms with E-state index in [2.05, 4.69) is 6.30 Å². The lowest BCUT2D eigenvalue weighted by atomic mass is 9.90. The van der Waals surface area contributed by atoms with E-state index in [0.717, 1.165) is 18.5 Å². The first kappa shape index (κ1) is 6.19. The van der Waals surface area contributed by atoms with Crippen molar-refractivity contribution in [3.63, 3.8) is 0 Å². The number of rotatable bonds is 0. The van der Waals surface area contributed by atoms with E-state index < -0.39 is 0 Å². The molecule has 11 heavy (non-hydrogen) atoms. The van der Waals surface area contributed by atoms with Crippen LogP contribution in [0.4, 0.5) is 0 Å². The molecule has 0 aliphatic carbocycles. The second-order valence-corrected chi connectivity index (χ2v) is 6.07. The SMILES string of the molecule is C=[P+]1C2CC3OC(=O)C(C2)C31. The maximum Gasteiger partial charge on any atom is 0.314 e. The smallest absolute Gasteiger partial charge is 0.314 e. The summed E-state index contributed by atoms with van der Waals surface area (Å²) in [7, 11) is -0.115. The van der Waals surface area contributed by atoms with Crippen molar-refractivity contribution in [2.24, 2.45) is 5.92 Å². The number of hydrogen-bond donors (Lipinski definition) is 0. The molecule has 0 N–H and O–H groups in total. The maximum atomic E-state index is 11.2. The van der Waals surface area contributed by atoms with Gasteiger partial charge in [0.1, 0.15) is 17.7 Å². The van der Waals surface area contributed by atoms with Crippen LogP contribution in [0.25, 0.3) is 0 Å². The van der Waals surface area contributed by atoms with Crippen molar-refractivity contribution in [2.75, 3.05) is 0 Å². The van der Waals surface area contributed by atoms with Crippen LogP contribution in [0.2, 0.25) is 0 Å². The minimum absolute atomic E-state index is 0.0659. The molecule has 3 heteroatoms. The summed E-state index contributed by atoms with van der Waals surface area (Å²) in [6, 6.07) is 0. The van der Waals surface area contributed by atoms with E-state index in [0.29, 0.717) is 5.66 Å². The van der Waals surface area contributed by atoms with Gasteiger partial charge < -0.3 is 4.74 Å². The van der Waals surface area contributed by atoms with E-state index in [9.17, 15) is 4.79 Å². The van der Waals surface area contributed by atoms with Crippen LogP contribution in [0.15, 0.2) is 0 Å². The minimum atomic E-state index is -0.115. The second kappa shape index (κ2) is 1.69. The number of fused-ring (bicyclic) bond motifs is 1. The van der Waals surface area contributed by atoms with Crippen molar-refractivity contribution >= 4 is 19.8 Å². The van der Waals surface area contributed by atoms with E-state index in [1.165, 1.54) is 0 Å². The lowest BCUT2D eigenvalue weighted by Gasteiger charge is -2.04. The lowest BCUT2D eigenvalue weighted by Crippen LogP contribution is -2.21. The fourth-order valence-corrected chi connectivity index (χ4v) is 5.52. The van der Waals surface area contributed by atoms with E-state index >= 15 is 0 Å². The molecule has 0 saturated carbocycles. The fourth-order valence-electron chi connectivity index (χ4n) is 2.74. The van der Waals surface area contributed by atoms with Crippen LogP contribution >= 0.6 is 7.55 Å². The summed E-state index contributed by atoms with van der Waals surface area (Å²) in [6.45, 7) is 0. The summed E-state index contributed by atoms with van der Waals surface area (Å²) in [6.07, 6.45) is 6.63. The highest BCUT2D eigenvalue weighted by Crippen LogP contribution is 2.62. The summed E-state index contributed by atoms with van der Waals surface area (Å²) in [5.41, 5.74) is 1.29. The average molecular weight is 169 g/mol. The Balaban J connectivity index is 2.11. The number of hydrogen-bond acceptors (Lipinski definition) is 2. The number of esters is 1. The molecule has 0 aromatic rings. The minimum Gasteiger partial charge on any atom is -0.457 e. The molecule has 3 fully saturated rings. The van der Waals surface area contributed by atoms with Crippen molar-refractivity contribution in [1.29, 1.82) is 0 Å². The van der Waals surface area contributed by atoms with Crippen LogP contribution in [0, 0.1) is 5.92 Å². The Labute approximate surface area is 66.3 Å². The quantitative estimate of drug-likeness (QED) is 0.399. The Morgan fingerprint density at radius 1 is 1.55 bits per heavy atom. The van der Waals surface area contributed by atoms with E-state index in [1.54, 1.807) is 0 Å². The zero-order valence-electron chi connectivity index (χ0n) is 6.19. The molecule has 2 nitrogen and oxygen atoms in total. The highest BCUT2D eigenvalue weighted by Gasteiger charge is 2.66. The third-order valence-corrected chi connectivity index (χ3v) is 6.06. The Morgan fingerprint density at radius 3 is 2.91 bits per heavy atom. The first-order valence-electron chi connectivity index (χ1n) is 4.06. The fraction of sp³-hybridized carbons (Fsp3) is 0.750. The van der Waals surface area contributed by atoms with Gasteiger partial charge in [0.15, 0.2) is 5.66 Å². The topological polar surface area (TPSA) is 26.3 Å². The van der Waals surface area contributed by atoms with Crippen molar-refractivity contribution in [3.05, 3.63) is 0 Å². The number of ether oxygens (including phenoxy) is 1. The Hall–Kier alpha value is -0.360. The molecule has 3 aliphatic rings. The molecule has 0 aromatic heterocycles. The van der Waals surface area contributed by atoms with Gasteiger partial charge in [0.2, 0.25) is 0 Å². The largest absolute Gasteiger partial charge is 0.457 e. The monoisotopic (exact) mass is 169 g/mol. The zero-order chi connectivity index (χ0) is 7.59. The van der Waals surface area contributed by atoms with Crippen LogP contribution in [0.3, 0.4) is 0 Å². The van der Waals surface area contributed by atoms with Gasteiger partial charge in [-0.25, -0.2) is 0 Å². The molecular formula is C8H10O2P+. The van der Waals surface area contributed by atoms with Crippen LogP contribution in [0.1, 0.15) is 12.8 Å². The summed E-state index contributed by atoms with van der Waals surface area (Å²) < 4.78 is 5.25. The Kier molecular flexibility index (Phi) is 0.950. The van der Waals surface area contributed by atoms with Gasteiger partial charge in [0, 0.05) is 12.8 Å². The predicted molar refractivity (Wildman–Crippen MR) is 44.2 cm³/mol. The van der Waals surface area contributed by atoms with Crippen LogP contribution in [-0.2, 0) is 9.53 Å². The summed E-state index contributed by atoms with van der Waals surface area (Å²) in [5.74, 6) is 0.318. The van der Waals surface area contributed by atoms with Crippen LogP contribution < -0.4 is 0 Å². The molecule has 0 spiro atoms. The molecule has 5 atom stereocenters. The van der Waals surface area contributed by atoms with Crippen molar-refractivity contribution in [1.82, 2.24) is 0 Å². The molecule has 0 aromatic carbocycles. The first-order chi connectivity index (χ1) is 5.27. The van der Waals surface area contributed by atoms with Crippen molar-refractivity contribution in [2.45, 2.75) is 30.3 Å². The standard InChI is InChI=1S/C8H10O2P/c1-11-4-2-5-7(11)6(3-4)10-8(5)9/h4-7H,1-3H2/q+1. The van der Waals surface area contributed by atoms with Gasteiger partial charge in [0.05, 0.1) is 13.8 Å². The number of carbonyl (C=O) groups is 1. The van der Waals surface area contributed by atoms with Crippen molar-refractivity contribution in [3.8, 4) is 0 Å². The summed E-state index contributed by atoms with van der Waals surface area (Å²) in [4.78, 5) is 11.2. The normalized spacial score (nSPS) is 55.3. The highest BCUT2D eigenvalue weighted by molar-refractivity contribution is 7.58. The molecule has 3 aliphatic heterocycles. The third-order valence-electron chi connectivity index (χ3n) is 3.25. The van der Waals surface area contributed by atoms with Gasteiger partial charge in [-0.3, -0.25) is 4.79 Å². The molecular weight excluding hydrogens is 159 g/mol. The first-order valence-corrected chi connectivity index (χ1v) is 5.73. The third kappa shape index (κ3) is 0.562. The van der Waals surface area contributed by atoms with E-state index in [4.69, 9.17) is 4.74 Å². The van der Waals surface area contributed by atoms with Gasteiger partial charge in [-0.1, -0.05) is 0 Å². The van der Waals surface area contributed by atoms with Crippen LogP contribution in [0.5, 0.6) is 0 Å². The molecule has 2 bridgehead atoms. The molecule has 5 unspecified atom stereocenters. The highest BCUT2D eigenvalue weighted by atomic mass is 31.1. The van der Waals surface area contributed by atoms with E-state index in [-0.39, 0.29) is 25.5 Å². The van der Waals surface area contributed by atoms with E-state index in [1.807, 2.05) is 0 Å². The lowest BCUT2D eigenvalue weighted by molar-refractivity contribution is -0.143. The van der Waals surface area contributed by atoms with Gasteiger partial charge >= 0.3 is 5.97 Å². The molecule has 0 amide bonds. The molecule has 3 heterocycles. The molecule has 58 valence electrons. The van der Waals surface area contributed by atoms with Gasteiger partial charge in [0.25, 0.3) is 0 Å². The number of carbonyl (C=O) groups excluding carboxylic acids is 1. The van der Waals surface area contributed by atoms with Gasteiger partial charge in [-0.15, -0.1) is 0 Å². The average Bonchev–Trinajstić information content (AvgIpc) is 2.47. The van der Waals surface area contributed by atoms with Crippen molar-refractivity contribution < 1.29 is 9.53 Å². The molecule has 3 rings (SSSR count). The molecule has 0 radical (unpaired) electrons. The Bertz CT molecular complexity index is 261.